The number of aryl methyl sites for hydroxylation is 1. The fraction of sp³-hybridized carbons (Fsp3) is 0.280. The number of ether oxygens (including phenoxy) is 2. The SMILES string of the molecule is CCc1ccc(C2C(C(=O)c3cc4cc(Cl)cc(OC)c4o3)=C(O)C(=O)N2CCOC)cc1. The van der Waals surface area contributed by atoms with Crippen molar-refractivity contribution in [2.75, 3.05) is 27.4 Å². The van der Waals surface area contributed by atoms with E-state index in [0.717, 1.165) is 12.0 Å². The Bertz CT molecular complexity index is 1240. The summed E-state index contributed by atoms with van der Waals surface area (Å²) in [5, 5.41) is 11.8. The van der Waals surface area contributed by atoms with Gasteiger partial charge in [-0.2, -0.15) is 0 Å². The quantitative estimate of drug-likeness (QED) is 0.473. The fourth-order valence-corrected chi connectivity index (χ4v) is 4.29. The van der Waals surface area contributed by atoms with Crippen LogP contribution in [-0.2, 0) is 16.0 Å². The average Bonchev–Trinajstić information content (AvgIpc) is 3.36. The van der Waals surface area contributed by atoms with Gasteiger partial charge in [0.1, 0.15) is 0 Å². The molecule has 0 saturated carbocycles. The maximum Gasteiger partial charge on any atom is 0.290 e. The zero-order valence-corrected chi connectivity index (χ0v) is 19.3. The number of benzene rings is 2. The van der Waals surface area contributed by atoms with E-state index in [9.17, 15) is 14.7 Å². The number of ketones is 1. The molecule has 8 heteroatoms. The number of halogens is 1. The molecule has 7 nitrogen and oxygen atoms in total. The van der Waals surface area contributed by atoms with Gasteiger partial charge in [0.05, 0.1) is 25.3 Å². The summed E-state index contributed by atoms with van der Waals surface area (Å²) in [6.07, 6.45) is 0.855. The number of Topliss-reactive ketones (excluding diaryl/α,β-unsaturated/α-hetero) is 1. The lowest BCUT2D eigenvalue weighted by Crippen LogP contribution is -2.34. The number of aliphatic hydroxyl groups is 1. The monoisotopic (exact) mass is 469 g/mol. The number of fused-ring (bicyclic) bond motifs is 1. The van der Waals surface area contributed by atoms with Crippen molar-refractivity contribution in [1.29, 1.82) is 0 Å². The number of furan rings is 1. The lowest BCUT2D eigenvalue weighted by molar-refractivity contribution is -0.130. The predicted octanol–water partition coefficient (Wildman–Crippen LogP) is 4.88. The van der Waals surface area contributed by atoms with Gasteiger partial charge in [0, 0.05) is 30.1 Å². The standard InChI is InChI=1S/C25H24ClNO6/c1-4-14-5-7-15(8-6-14)21-20(23(29)25(30)27(21)9-10-31-2)22(28)18-12-16-11-17(26)13-19(32-3)24(16)33-18/h5-8,11-13,21,29H,4,9-10H2,1-3H3. The number of rotatable bonds is 8. The summed E-state index contributed by atoms with van der Waals surface area (Å²) in [6.45, 7) is 2.51. The number of carbonyl (C=O) groups excluding carboxylic acids is 2. The molecule has 0 aliphatic carbocycles. The second-order valence-electron chi connectivity index (χ2n) is 7.72. The van der Waals surface area contributed by atoms with Crippen molar-refractivity contribution >= 4 is 34.3 Å². The Hall–Kier alpha value is -3.29. The molecule has 0 saturated heterocycles. The predicted molar refractivity (Wildman–Crippen MR) is 124 cm³/mol. The van der Waals surface area contributed by atoms with Gasteiger partial charge >= 0.3 is 0 Å². The molecule has 1 aromatic heterocycles. The summed E-state index contributed by atoms with van der Waals surface area (Å²) in [4.78, 5) is 27.9. The minimum Gasteiger partial charge on any atom is -0.503 e. The van der Waals surface area contributed by atoms with Crippen molar-refractivity contribution in [2.45, 2.75) is 19.4 Å². The van der Waals surface area contributed by atoms with Gasteiger partial charge in [-0.1, -0.05) is 42.8 Å². The van der Waals surface area contributed by atoms with E-state index in [-0.39, 0.29) is 24.5 Å². The molecule has 1 aliphatic heterocycles. The van der Waals surface area contributed by atoms with Crippen molar-refractivity contribution in [3.05, 3.63) is 75.7 Å². The van der Waals surface area contributed by atoms with Crippen LogP contribution in [0.3, 0.4) is 0 Å². The molecule has 1 aliphatic rings. The normalized spacial score (nSPS) is 16.2. The molecule has 0 fully saturated rings. The number of hydrogen-bond acceptors (Lipinski definition) is 6. The fourth-order valence-electron chi connectivity index (χ4n) is 4.07. The number of amides is 1. The van der Waals surface area contributed by atoms with Gasteiger partial charge in [0.15, 0.2) is 22.9 Å². The highest BCUT2D eigenvalue weighted by atomic mass is 35.5. The van der Waals surface area contributed by atoms with Gasteiger partial charge in [-0.25, -0.2) is 0 Å². The number of carbonyl (C=O) groups is 2. The smallest absolute Gasteiger partial charge is 0.290 e. The van der Waals surface area contributed by atoms with Crippen molar-refractivity contribution < 1.29 is 28.6 Å². The van der Waals surface area contributed by atoms with E-state index in [2.05, 4.69) is 0 Å². The molecule has 1 unspecified atom stereocenters. The summed E-state index contributed by atoms with van der Waals surface area (Å²) in [5.74, 6) is -1.45. The third-order valence-corrected chi connectivity index (χ3v) is 6.00. The molecule has 2 aromatic carbocycles. The summed E-state index contributed by atoms with van der Waals surface area (Å²) in [6, 6.07) is 11.6. The first-order valence-electron chi connectivity index (χ1n) is 10.5. The largest absolute Gasteiger partial charge is 0.503 e. The van der Waals surface area contributed by atoms with Crippen LogP contribution in [0.4, 0.5) is 0 Å². The Labute approximate surface area is 196 Å². The zero-order valence-electron chi connectivity index (χ0n) is 18.6. The van der Waals surface area contributed by atoms with Gasteiger partial charge < -0.3 is 23.9 Å². The average molecular weight is 470 g/mol. The van der Waals surface area contributed by atoms with Crippen LogP contribution in [0.5, 0.6) is 5.75 Å². The number of nitrogens with zero attached hydrogens (tertiary/aromatic N) is 1. The molecule has 33 heavy (non-hydrogen) atoms. The Kier molecular flexibility index (Phi) is 6.44. The molecule has 0 spiro atoms. The van der Waals surface area contributed by atoms with E-state index in [1.807, 2.05) is 31.2 Å². The third-order valence-electron chi connectivity index (χ3n) is 5.78. The van der Waals surface area contributed by atoms with E-state index < -0.39 is 23.5 Å². The molecule has 172 valence electrons. The molecular formula is C25H24ClNO6. The minimum atomic E-state index is -0.773. The van der Waals surface area contributed by atoms with E-state index in [0.29, 0.717) is 27.3 Å². The molecule has 2 heterocycles. The number of hydrogen-bond donors (Lipinski definition) is 1. The second kappa shape index (κ2) is 9.29. The first-order valence-corrected chi connectivity index (χ1v) is 10.9. The molecule has 1 N–H and O–H groups in total. The maximum atomic E-state index is 13.6. The maximum absolute atomic E-state index is 13.6. The van der Waals surface area contributed by atoms with Crippen LogP contribution in [0, 0.1) is 0 Å². The summed E-state index contributed by atoms with van der Waals surface area (Å²) < 4.78 is 16.3. The van der Waals surface area contributed by atoms with Gasteiger partial charge in [0.25, 0.3) is 5.91 Å². The van der Waals surface area contributed by atoms with Gasteiger partial charge in [-0.15, -0.1) is 0 Å². The Morgan fingerprint density at radius 3 is 2.55 bits per heavy atom. The highest BCUT2D eigenvalue weighted by Crippen LogP contribution is 2.40. The topological polar surface area (TPSA) is 89.2 Å². The van der Waals surface area contributed by atoms with Crippen LogP contribution in [0.15, 0.2) is 58.2 Å². The van der Waals surface area contributed by atoms with Gasteiger partial charge in [-0.05, 0) is 29.7 Å². The van der Waals surface area contributed by atoms with E-state index in [1.165, 1.54) is 25.2 Å². The number of aliphatic hydroxyl groups excluding tert-OH is 1. The summed E-state index contributed by atoms with van der Waals surface area (Å²) in [5.41, 5.74) is 2.15. The molecular weight excluding hydrogens is 446 g/mol. The van der Waals surface area contributed by atoms with Crippen LogP contribution in [-0.4, -0.2) is 49.1 Å². The van der Waals surface area contributed by atoms with E-state index >= 15 is 0 Å². The van der Waals surface area contributed by atoms with E-state index in [4.69, 9.17) is 25.5 Å². The Morgan fingerprint density at radius 1 is 1.18 bits per heavy atom. The molecule has 3 aromatic rings. The number of methoxy groups -OCH3 is 2. The zero-order chi connectivity index (χ0) is 23.7. The van der Waals surface area contributed by atoms with Gasteiger partial charge in [-0.3, -0.25) is 9.59 Å². The third kappa shape index (κ3) is 4.10. The van der Waals surface area contributed by atoms with Crippen molar-refractivity contribution in [1.82, 2.24) is 4.90 Å². The Balaban J connectivity index is 1.81. The second-order valence-corrected chi connectivity index (χ2v) is 8.15. The summed E-state index contributed by atoms with van der Waals surface area (Å²) in [7, 11) is 3.00. The van der Waals surface area contributed by atoms with E-state index in [1.54, 1.807) is 12.1 Å². The lowest BCUT2D eigenvalue weighted by Gasteiger charge is -2.26. The molecule has 0 bridgehead atoms. The highest BCUT2D eigenvalue weighted by molar-refractivity contribution is 6.31. The highest BCUT2D eigenvalue weighted by Gasteiger charge is 2.44. The van der Waals surface area contributed by atoms with Crippen molar-refractivity contribution in [3.63, 3.8) is 0 Å². The molecule has 4 rings (SSSR count). The first-order chi connectivity index (χ1) is 15.9. The van der Waals surface area contributed by atoms with Crippen LogP contribution in [0.2, 0.25) is 5.02 Å². The van der Waals surface area contributed by atoms with Crippen LogP contribution >= 0.6 is 11.6 Å². The lowest BCUT2D eigenvalue weighted by atomic mass is 9.94. The molecule has 0 radical (unpaired) electrons. The van der Waals surface area contributed by atoms with Crippen LogP contribution in [0.25, 0.3) is 11.0 Å². The molecule has 1 amide bonds. The van der Waals surface area contributed by atoms with Gasteiger partial charge in [0.2, 0.25) is 5.78 Å². The summed E-state index contributed by atoms with van der Waals surface area (Å²) >= 11 is 6.14. The van der Waals surface area contributed by atoms with Crippen molar-refractivity contribution in [2.24, 2.45) is 0 Å². The Morgan fingerprint density at radius 2 is 1.91 bits per heavy atom. The van der Waals surface area contributed by atoms with Crippen molar-refractivity contribution in [3.8, 4) is 5.75 Å². The van der Waals surface area contributed by atoms with Crippen LogP contribution in [0.1, 0.15) is 34.6 Å². The minimum absolute atomic E-state index is 0.0244. The first kappa shape index (κ1) is 22.9. The van der Waals surface area contributed by atoms with Crippen LogP contribution < -0.4 is 4.74 Å². The molecule has 1 atom stereocenters.